The van der Waals surface area contributed by atoms with E-state index in [1.54, 1.807) is 23.9 Å². The zero-order valence-electron chi connectivity index (χ0n) is 13.9. The minimum atomic E-state index is -0.809. The van der Waals surface area contributed by atoms with Gasteiger partial charge >= 0.3 is 5.97 Å². The molecule has 1 saturated heterocycles. The highest BCUT2D eigenvalue weighted by Crippen LogP contribution is 2.25. The van der Waals surface area contributed by atoms with Crippen LogP contribution in [-0.2, 0) is 14.3 Å². The van der Waals surface area contributed by atoms with Gasteiger partial charge in [0.25, 0.3) is 5.91 Å². The molecule has 0 spiro atoms. The summed E-state index contributed by atoms with van der Waals surface area (Å²) in [5, 5.41) is 6.92. The zero-order valence-corrected chi connectivity index (χ0v) is 14.8. The molecular weight excluding hydrogens is 314 g/mol. The third-order valence-electron chi connectivity index (χ3n) is 3.88. The molecule has 1 unspecified atom stereocenters. The fraction of sp³-hybridized carbons (Fsp3) is 0.688. The monoisotopic (exact) mass is 339 g/mol. The van der Waals surface area contributed by atoms with Crippen LogP contribution < -0.4 is 5.32 Å². The van der Waals surface area contributed by atoms with E-state index in [-0.39, 0.29) is 17.9 Å². The molecule has 6 nitrogen and oxygen atoms in total. The van der Waals surface area contributed by atoms with Gasteiger partial charge in [0.15, 0.2) is 6.10 Å². The van der Waals surface area contributed by atoms with Gasteiger partial charge in [-0.1, -0.05) is 0 Å². The van der Waals surface area contributed by atoms with Crippen molar-refractivity contribution in [1.82, 2.24) is 9.78 Å². The number of carbonyl (C=O) groups is 2. The van der Waals surface area contributed by atoms with Gasteiger partial charge in [-0.05, 0) is 51.0 Å². The lowest BCUT2D eigenvalue weighted by Gasteiger charge is -2.21. The maximum absolute atomic E-state index is 12.2. The molecule has 1 aliphatic heterocycles. The van der Waals surface area contributed by atoms with E-state index in [0.717, 1.165) is 24.3 Å². The summed E-state index contributed by atoms with van der Waals surface area (Å²) in [4.78, 5) is 24.2. The van der Waals surface area contributed by atoms with Gasteiger partial charge in [-0.15, -0.1) is 0 Å². The van der Waals surface area contributed by atoms with Gasteiger partial charge in [0.05, 0.1) is 6.20 Å². The van der Waals surface area contributed by atoms with Crippen LogP contribution in [0.25, 0.3) is 0 Å². The number of nitrogens with zero attached hydrogens (tertiary/aromatic N) is 2. The fourth-order valence-electron chi connectivity index (χ4n) is 2.54. The summed E-state index contributed by atoms with van der Waals surface area (Å²) in [6, 6.07) is 1.87. The van der Waals surface area contributed by atoms with Gasteiger partial charge < -0.3 is 10.1 Å². The maximum Gasteiger partial charge on any atom is 0.306 e. The Hall–Kier alpha value is -1.50. The van der Waals surface area contributed by atoms with E-state index in [0.29, 0.717) is 18.2 Å². The molecule has 0 bridgehead atoms. The summed E-state index contributed by atoms with van der Waals surface area (Å²) in [5.41, 5.74) is 0. The Morgan fingerprint density at radius 1 is 1.39 bits per heavy atom. The SMILES string of the molecule is CC(OC(=O)CC1CCSCC1)C(=O)Nc1ccnn1C(C)C. The second kappa shape index (κ2) is 8.38. The summed E-state index contributed by atoms with van der Waals surface area (Å²) in [6.07, 6.45) is 3.33. The first-order valence-corrected chi connectivity index (χ1v) is 9.24. The van der Waals surface area contributed by atoms with E-state index in [2.05, 4.69) is 10.4 Å². The highest BCUT2D eigenvalue weighted by molar-refractivity contribution is 7.99. The van der Waals surface area contributed by atoms with Crippen LogP contribution in [0.5, 0.6) is 0 Å². The number of rotatable bonds is 6. The molecule has 1 aromatic rings. The smallest absolute Gasteiger partial charge is 0.306 e. The first-order chi connectivity index (χ1) is 11.0. The van der Waals surface area contributed by atoms with E-state index in [9.17, 15) is 9.59 Å². The van der Waals surface area contributed by atoms with E-state index >= 15 is 0 Å². The largest absolute Gasteiger partial charge is 0.453 e. The minimum absolute atomic E-state index is 0.141. The van der Waals surface area contributed by atoms with Crippen LogP contribution in [0.4, 0.5) is 5.82 Å². The number of thioether (sulfide) groups is 1. The molecule has 0 radical (unpaired) electrons. The third-order valence-corrected chi connectivity index (χ3v) is 4.93. The first kappa shape index (κ1) is 17.8. The van der Waals surface area contributed by atoms with Crippen LogP contribution in [0.1, 0.15) is 46.1 Å². The van der Waals surface area contributed by atoms with Crippen molar-refractivity contribution in [2.45, 2.75) is 52.2 Å². The van der Waals surface area contributed by atoms with Crippen molar-refractivity contribution in [2.75, 3.05) is 16.8 Å². The van der Waals surface area contributed by atoms with Crippen molar-refractivity contribution in [3.63, 3.8) is 0 Å². The molecule has 0 saturated carbocycles. The molecule has 1 aromatic heterocycles. The standard InChI is InChI=1S/C16H25N3O3S/c1-11(2)19-14(4-7-17-19)18-16(21)12(3)22-15(20)10-13-5-8-23-9-6-13/h4,7,11-13H,5-6,8-10H2,1-3H3,(H,18,21). The fourth-order valence-corrected chi connectivity index (χ4v) is 3.74. The van der Waals surface area contributed by atoms with Gasteiger partial charge in [-0.25, -0.2) is 4.68 Å². The molecule has 1 aliphatic rings. The number of hydrogen-bond acceptors (Lipinski definition) is 5. The first-order valence-electron chi connectivity index (χ1n) is 8.09. The minimum Gasteiger partial charge on any atom is -0.453 e. The number of aromatic nitrogens is 2. The summed E-state index contributed by atoms with van der Waals surface area (Å²) in [5.74, 6) is 2.58. The summed E-state index contributed by atoms with van der Waals surface area (Å²) in [7, 11) is 0. The van der Waals surface area contributed by atoms with E-state index in [4.69, 9.17) is 4.74 Å². The summed E-state index contributed by atoms with van der Waals surface area (Å²) >= 11 is 1.93. The lowest BCUT2D eigenvalue weighted by molar-refractivity contribution is -0.154. The van der Waals surface area contributed by atoms with Crippen molar-refractivity contribution in [1.29, 1.82) is 0 Å². The number of ether oxygens (including phenoxy) is 1. The molecular formula is C16H25N3O3S. The van der Waals surface area contributed by atoms with Gasteiger partial charge in [0.2, 0.25) is 0 Å². The van der Waals surface area contributed by atoms with Crippen molar-refractivity contribution in [3.8, 4) is 0 Å². The highest BCUT2D eigenvalue weighted by Gasteiger charge is 2.23. The number of esters is 1. The van der Waals surface area contributed by atoms with Gasteiger partial charge in [0.1, 0.15) is 5.82 Å². The number of amides is 1. The average Bonchev–Trinajstić information content (AvgIpc) is 2.96. The lowest BCUT2D eigenvalue weighted by atomic mass is 9.99. The van der Waals surface area contributed by atoms with E-state index < -0.39 is 6.10 Å². The molecule has 1 fully saturated rings. The van der Waals surface area contributed by atoms with E-state index in [1.807, 2.05) is 25.6 Å². The summed E-state index contributed by atoms with van der Waals surface area (Å²) < 4.78 is 6.99. The predicted octanol–water partition coefficient (Wildman–Crippen LogP) is 2.87. The second-order valence-electron chi connectivity index (χ2n) is 6.14. The van der Waals surface area contributed by atoms with Crippen LogP contribution in [-0.4, -0.2) is 39.3 Å². The molecule has 1 amide bonds. The van der Waals surface area contributed by atoms with Crippen LogP contribution >= 0.6 is 11.8 Å². The molecule has 1 atom stereocenters. The topological polar surface area (TPSA) is 73.2 Å². The van der Waals surface area contributed by atoms with Crippen LogP contribution in [0.2, 0.25) is 0 Å². The normalized spacial score (nSPS) is 17.0. The van der Waals surface area contributed by atoms with Crippen molar-refractivity contribution in [2.24, 2.45) is 5.92 Å². The van der Waals surface area contributed by atoms with Gasteiger partial charge in [-0.3, -0.25) is 9.59 Å². The lowest BCUT2D eigenvalue weighted by Crippen LogP contribution is -2.31. The van der Waals surface area contributed by atoms with Gasteiger partial charge in [-0.2, -0.15) is 16.9 Å². The van der Waals surface area contributed by atoms with Crippen LogP contribution in [0, 0.1) is 5.92 Å². The van der Waals surface area contributed by atoms with E-state index in [1.165, 1.54) is 0 Å². The number of nitrogens with one attached hydrogen (secondary N) is 1. The molecule has 7 heteroatoms. The predicted molar refractivity (Wildman–Crippen MR) is 91.5 cm³/mol. The quantitative estimate of drug-likeness (QED) is 0.807. The Kier molecular flexibility index (Phi) is 6.50. The molecule has 1 N–H and O–H groups in total. The molecule has 2 rings (SSSR count). The molecule has 2 heterocycles. The zero-order chi connectivity index (χ0) is 16.8. The Morgan fingerprint density at radius 2 is 2.09 bits per heavy atom. The third kappa shape index (κ3) is 5.27. The molecule has 0 aromatic carbocycles. The average molecular weight is 339 g/mol. The molecule has 128 valence electrons. The Morgan fingerprint density at radius 3 is 2.74 bits per heavy atom. The second-order valence-corrected chi connectivity index (χ2v) is 7.36. The van der Waals surface area contributed by atoms with Gasteiger partial charge in [0, 0.05) is 18.5 Å². The Labute approximate surface area is 141 Å². The van der Waals surface area contributed by atoms with Crippen molar-refractivity contribution in [3.05, 3.63) is 12.3 Å². The van der Waals surface area contributed by atoms with Crippen molar-refractivity contribution >= 4 is 29.5 Å². The number of hydrogen-bond donors (Lipinski definition) is 1. The Balaban J connectivity index is 1.82. The Bertz CT molecular complexity index is 538. The number of anilines is 1. The molecule has 23 heavy (non-hydrogen) atoms. The number of carbonyl (C=O) groups excluding carboxylic acids is 2. The molecule has 0 aliphatic carbocycles. The maximum atomic E-state index is 12.2. The summed E-state index contributed by atoms with van der Waals surface area (Å²) in [6.45, 7) is 5.56. The highest BCUT2D eigenvalue weighted by atomic mass is 32.2. The van der Waals surface area contributed by atoms with Crippen LogP contribution in [0.3, 0.4) is 0 Å². The van der Waals surface area contributed by atoms with Crippen LogP contribution in [0.15, 0.2) is 12.3 Å². The van der Waals surface area contributed by atoms with Crippen molar-refractivity contribution < 1.29 is 14.3 Å².